The van der Waals surface area contributed by atoms with Crippen molar-refractivity contribution in [3.8, 4) is 0 Å². The van der Waals surface area contributed by atoms with Crippen LogP contribution in [0.5, 0.6) is 0 Å². The molecule has 2 aliphatic heterocycles. The number of carbonyl (C=O) groups is 3. The molecule has 3 rings (SSSR count). The second kappa shape index (κ2) is 9.40. The number of Topliss-reactive ketones (excluding diaryl/α,β-unsaturated/α-hetero) is 1. The van der Waals surface area contributed by atoms with Crippen LogP contribution in [0.3, 0.4) is 0 Å². The number of hydrogen-bond acceptors (Lipinski definition) is 3. The Morgan fingerprint density at radius 3 is 2.23 bits per heavy atom. The summed E-state index contributed by atoms with van der Waals surface area (Å²) in [5.74, 6) is -1.24. The van der Waals surface area contributed by atoms with E-state index in [1.165, 1.54) is 5.56 Å². The number of amides is 2. The van der Waals surface area contributed by atoms with Crippen LogP contribution in [0.15, 0.2) is 24.3 Å². The van der Waals surface area contributed by atoms with Gasteiger partial charge in [0.25, 0.3) is 0 Å². The Labute approximate surface area is 180 Å². The predicted octanol–water partition coefficient (Wildman–Crippen LogP) is 3.72. The summed E-state index contributed by atoms with van der Waals surface area (Å²) in [7, 11) is 0. The molecule has 0 radical (unpaired) electrons. The van der Waals surface area contributed by atoms with Crippen molar-refractivity contribution in [3.63, 3.8) is 0 Å². The lowest BCUT2D eigenvalue weighted by Gasteiger charge is -2.33. The number of benzene rings is 1. The molecule has 31 heavy (non-hydrogen) atoms. The third-order valence-electron chi connectivity index (χ3n) is 5.99. The summed E-state index contributed by atoms with van der Waals surface area (Å²) in [6.07, 6.45) is -2.66. The molecular formula is C23H29F3N2O3. The molecule has 1 atom stereocenters. The van der Waals surface area contributed by atoms with Crippen molar-refractivity contribution in [2.24, 2.45) is 17.8 Å². The van der Waals surface area contributed by atoms with Gasteiger partial charge in [-0.3, -0.25) is 14.4 Å². The highest BCUT2D eigenvalue weighted by atomic mass is 19.4. The van der Waals surface area contributed by atoms with E-state index in [0.29, 0.717) is 42.3 Å². The topological polar surface area (TPSA) is 57.7 Å². The third-order valence-corrected chi connectivity index (χ3v) is 5.99. The van der Waals surface area contributed by atoms with Gasteiger partial charge >= 0.3 is 6.18 Å². The fourth-order valence-electron chi connectivity index (χ4n) is 4.44. The highest BCUT2D eigenvalue weighted by Gasteiger charge is 2.42. The van der Waals surface area contributed by atoms with E-state index in [9.17, 15) is 27.6 Å². The van der Waals surface area contributed by atoms with E-state index in [2.05, 4.69) is 13.8 Å². The van der Waals surface area contributed by atoms with E-state index in [4.69, 9.17) is 0 Å². The van der Waals surface area contributed by atoms with Crippen LogP contribution in [0.1, 0.15) is 49.0 Å². The molecule has 1 aromatic carbocycles. The molecule has 2 saturated heterocycles. The lowest BCUT2D eigenvalue weighted by molar-refractivity contribution is -0.157. The lowest BCUT2D eigenvalue weighted by Crippen LogP contribution is -2.44. The van der Waals surface area contributed by atoms with E-state index in [0.717, 1.165) is 6.42 Å². The van der Waals surface area contributed by atoms with Gasteiger partial charge in [0.05, 0.1) is 5.92 Å². The summed E-state index contributed by atoms with van der Waals surface area (Å²) in [5.41, 5.74) is 1.86. The molecule has 8 heteroatoms. The molecule has 5 nitrogen and oxygen atoms in total. The number of halogens is 3. The number of likely N-dealkylation sites (tertiary alicyclic amines) is 2. The number of hydrogen-bond donors (Lipinski definition) is 0. The molecular weight excluding hydrogens is 409 g/mol. The molecule has 2 heterocycles. The van der Waals surface area contributed by atoms with Crippen molar-refractivity contribution >= 4 is 17.6 Å². The van der Waals surface area contributed by atoms with Crippen LogP contribution in [0.4, 0.5) is 13.2 Å². The van der Waals surface area contributed by atoms with Gasteiger partial charge in [-0.2, -0.15) is 13.2 Å². The fraction of sp³-hybridized carbons (Fsp3) is 0.609. The summed E-state index contributed by atoms with van der Waals surface area (Å²) >= 11 is 0. The summed E-state index contributed by atoms with van der Waals surface area (Å²) in [5, 5.41) is 0. The Bertz CT molecular complexity index is 812. The Balaban J connectivity index is 1.51. The summed E-state index contributed by atoms with van der Waals surface area (Å²) in [6.45, 7) is 3.53. The zero-order valence-corrected chi connectivity index (χ0v) is 18.0. The van der Waals surface area contributed by atoms with Gasteiger partial charge < -0.3 is 9.80 Å². The molecule has 1 unspecified atom stereocenters. The van der Waals surface area contributed by atoms with E-state index in [1.54, 1.807) is 4.90 Å². The Kier molecular flexibility index (Phi) is 7.06. The van der Waals surface area contributed by atoms with Crippen LogP contribution < -0.4 is 0 Å². The smallest absolute Gasteiger partial charge is 0.342 e. The van der Waals surface area contributed by atoms with E-state index < -0.39 is 24.5 Å². The minimum absolute atomic E-state index is 0.0654. The lowest BCUT2D eigenvalue weighted by atomic mass is 9.88. The van der Waals surface area contributed by atoms with E-state index in [1.807, 2.05) is 24.3 Å². The number of ketones is 1. The number of carbonyl (C=O) groups excluding carboxylic acids is 3. The first-order chi connectivity index (χ1) is 14.5. The van der Waals surface area contributed by atoms with E-state index >= 15 is 0 Å². The molecule has 0 N–H and O–H groups in total. The molecule has 0 saturated carbocycles. The number of alkyl halides is 3. The van der Waals surface area contributed by atoms with Crippen LogP contribution in [0.25, 0.3) is 0 Å². The first kappa shape index (κ1) is 23.3. The van der Waals surface area contributed by atoms with Gasteiger partial charge in [-0.05, 0) is 30.7 Å². The van der Waals surface area contributed by atoms with Crippen LogP contribution in [-0.2, 0) is 16.0 Å². The van der Waals surface area contributed by atoms with Crippen molar-refractivity contribution in [1.82, 2.24) is 9.80 Å². The molecule has 2 amide bonds. The average molecular weight is 438 g/mol. The Morgan fingerprint density at radius 2 is 1.68 bits per heavy atom. The monoisotopic (exact) mass is 438 g/mol. The van der Waals surface area contributed by atoms with Crippen molar-refractivity contribution < 1.29 is 27.6 Å². The number of nitrogens with zero attached hydrogens (tertiary/aromatic N) is 2. The Morgan fingerprint density at radius 1 is 1.06 bits per heavy atom. The largest absolute Gasteiger partial charge is 0.406 e. The van der Waals surface area contributed by atoms with E-state index in [-0.39, 0.29) is 30.6 Å². The number of rotatable bonds is 6. The normalized spacial score (nSPS) is 20.6. The van der Waals surface area contributed by atoms with Gasteiger partial charge in [0, 0.05) is 37.5 Å². The minimum Gasteiger partial charge on any atom is -0.342 e. The highest BCUT2D eigenvalue weighted by Crippen LogP contribution is 2.28. The van der Waals surface area contributed by atoms with Crippen molar-refractivity contribution in [2.75, 3.05) is 26.2 Å². The molecule has 0 spiro atoms. The predicted molar refractivity (Wildman–Crippen MR) is 109 cm³/mol. The SMILES string of the molecule is CC(C)Cc1ccc(C(=O)C2CCN(C(=O)C3CC(=O)N(CC(F)(F)F)C3)CC2)cc1. The van der Waals surface area contributed by atoms with Crippen molar-refractivity contribution in [1.29, 1.82) is 0 Å². The second-order valence-electron chi connectivity index (χ2n) is 9.05. The van der Waals surface area contributed by atoms with Crippen molar-refractivity contribution in [3.05, 3.63) is 35.4 Å². The Hall–Kier alpha value is -2.38. The molecule has 0 aliphatic carbocycles. The summed E-state index contributed by atoms with van der Waals surface area (Å²) < 4.78 is 37.7. The average Bonchev–Trinajstić information content (AvgIpc) is 3.06. The molecule has 170 valence electrons. The van der Waals surface area contributed by atoms with Gasteiger partial charge in [-0.1, -0.05) is 38.1 Å². The third kappa shape index (κ3) is 6.08. The van der Waals surface area contributed by atoms with Crippen LogP contribution in [0, 0.1) is 17.8 Å². The van der Waals surface area contributed by atoms with Gasteiger partial charge in [0.15, 0.2) is 5.78 Å². The maximum absolute atomic E-state index is 12.8. The summed E-state index contributed by atoms with van der Waals surface area (Å²) in [6, 6.07) is 7.68. The van der Waals surface area contributed by atoms with Crippen LogP contribution in [0.2, 0.25) is 0 Å². The minimum atomic E-state index is -4.47. The van der Waals surface area contributed by atoms with Gasteiger partial charge in [-0.15, -0.1) is 0 Å². The standard InChI is InChI=1S/C23H29F3N2O3/c1-15(2)11-16-3-5-17(6-4-16)21(30)18-7-9-27(10-8-18)22(31)19-12-20(29)28(13-19)14-23(24,25)26/h3-6,15,18-19H,7-14H2,1-2H3. The van der Waals surface area contributed by atoms with Crippen LogP contribution in [-0.4, -0.2) is 59.8 Å². The van der Waals surface area contributed by atoms with Gasteiger partial charge in [0.2, 0.25) is 11.8 Å². The van der Waals surface area contributed by atoms with Crippen molar-refractivity contribution in [2.45, 2.75) is 45.7 Å². The van der Waals surface area contributed by atoms with Crippen LogP contribution >= 0.6 is 0 Å². The molecule has 2 fully saturated rings. The zero-order chi connectivity index (χ0) is 22.8. The van der Waals surface area contributed by atoms with Gasteiger partial charge in [0.1, 0.15) is 6.54 Å². The first-order valence-electron chi connectivity index (χ1n) is 10.8. The highest BCUT2D eigenvalue weighted by molar-refractivity contribution is 5.98. The second-order valence-corrected chi connectivity index (χ2v) is 9.05. The fourth-order valence-corrected chi connectivity index (χ4v) is 4.44. The van der Waals surface area contributed by atoms with Gasteiger partial charge in [-0.25, -0.2) is 0 Å². The quantitative estimate of drug-likeness (QED) is 0.636. The molecule has 1 aromatic rings. The maximum atomic E-state index is 12.8. The first-order valence-corrected chi connectivity index (χ1v) is 10.8. The molecule has 0 bridgehead atoms. The summed E-state index contributed by atoms with van der Waals surface area (Å²) in [4.78, 5) is 39.7. The molecule has 2 aliphatic rings. The molecule has 0 aromatic heterocycles. The zero-order valence-electron chi connectivity index (χ0n) is 18.0. The maximum Gasteiger partial charge on any atom is 0.406 e. The number of piperidine rings is 1.